The van der Waals surface area contributed by atoms with Crippen LogP contribution < -0.4 is 0 Å². The van der Waals surface area contributed by atoms with E-state index in [1.807, 2.05) is 12.2 Å². The van der Waals surface area contributed by atoms with Crippen molar-refractivity contribution >= 4 is 25.7 Å². The van der Waals surface area contributed by atoms with Crippen molar-refractivity contribution in [3.63, 3.8) is 0 Å². The summed E-state index contributed by atoms with van der Waals surface area (Å²) in [5, 5.41) is 9.76. The summed E-state index contributed by atoms with van der Waals surface area (Å²) < 4.78 is 39.3. The summed E-state index contributed by atoms with van der Waals surface area (Å²) in [6.45, 7) is 4.40. The van der Waals surface area contributed by atoms with Gasteiger partial charge < -0.3 is 24.2 Å². The van der Waals surface area contributed by atoms with E-state index >= 15 is 0 Å². The van der Waals surface area contributed by atoms with Crippen LogP contribution >= 0.6 is 7.82 Å². The third-order valence-corrected chi connectivity index (χ3v) is 12.3. The molecule has 402 valence electrons. The van der Waals surface area contributed by atoms with Crippen molar-refractivity contribution in [3.05, 3.63) is 85.1 Å². The Morgan fingerprint density at radius 2 is 0.771 bits per heavy atom. The molecule has 0 aromatic carbocycles. The van der Waals surface area contributed by atoms with E-state index < -0.39 is 57.8 Å². The molecule has 11 nitrogen and oxygen atoms in total. The molecule has 0 fully saturated rings. The van der Waals surface area contributed by atoms with Crippen LogP contribution in [0.25, 0.3) is 0 Å². The molecule has 3 atom stereocenters. The standard InChI is InChI=1S/C58H99O11P/c1-4-7-10-13-16-19-21-23-25-26-27-28-30-32-34-37-40-43-46-49-58(62)69-55(51-65-56(60)47-44-41-38-36-33-31-29-24-22-20-17-14-11-8-5-2)53-67-70(63,64)66-52-54(50-59)68-57(61)48-45-42-39-35-18-15-12-9-6-3/h7,10,16,19,23-25,27-29,32,34,40,43,54-55,59H,4-6,8-9,11-15,17-18,20-22,26,30-31,33,35-39,41-42,44-53H2,1-3H3,(H,63,64)/b10-7-,19-16-,25-23-,28-27-,29-24-,34-32-,43-40-. The summed E-state index contributed by atoms with van der Waals surface area (Å²) >= 11 is 0. The van der Waals surface area contributed by atoms with E-state index in [0.717, 1.165) is 89.9 Å². The van der Waals surface area contributed by atoms with E-state index in [1.54, 1.807) is 0 Å². The SMILES string of the molecule is CC/C=C\C/C=C\C/C=C\C/C=C\C/C=C\C/C=C\CCC(=O)OC(COC(=O)CCCCCCC/C=C\CCCCCCCC)COP(=O)(O)OCC(CO)OC(=O)CCCCCCCCCCC. The van der Waals surface area contributed by atoms with E-state index in [4.69, 9.17) is 23.3 Å². The number of unbranched alkanes of at least 4 members (excludes halogenated alkanes) is 19. The van der Waals surface area contributed by atoms with Crippen molar-refractivity contribution in [2.75, 3.05) is 26.4 Å². The number of phosphoric ester groups is 1. The minimum Gasteiger partial charge on any atom is -0.462 e. The number of ether oxygens (including phenoxy) is 3. The average Bonchev–Trinajstić information content (AvgIpc) is 3.35. The van der Waals surface area contributed by atoms with Crippen LogP contribution in [-0.2, 0) is 42.2 Å². The predicted molar refractivity (Wildman–Crippen MR) is 288 cm³/mol. The minimum absolute atomic E-state index is 0.0391. The maximum absolute atomic E-state index is 12.8. The number of carbonyl (C=O) groups is 3. The highest BCUT2D eigenvalue weighted by atomic mass is 31.2. The Labute approximate surface area is 426 Å². The molecule has 0 saturated carbocycles. The number of aliphatic hydroxyl groups is 1. The molecule has 0 saturated heterocycles. The smallest absolute Gasteiger partial charge is 0.462 e. The zero-order chi connectivity index (χ0) is 51.3. The lowest BCUT2D eigenvalue weighted by atomic mass is 10.1. The molecular weight excluding hydrogens is 904 g/mol. The van der Waals surface area contributed by atoms with Crippen LogP contribution in [0.4, 0.5) is 0 Å². The van der Waals surface area contributed by atoms with Gasteiger partial charge in [-0.15, -0.1) is 0 Å². The molecule has 0 aromatic heterocycles. The molecule has 0 rings (SSSR count). The molecule has 0 spiro atoms. The summed E-state index contributed by atoms with van der Waals surface area (Å²) in [6, 6.07) is 0. The first-order chi connectivity index (χ1) is 34.2. The van der Waals surface area contributed by atoms with Crippen LogP contribution in [0.15, 0.2) is 85.1 Å². The number of rotatable bonds is 50. The first-order valence-electron chi connectivity index (χ1n) is 27.5. The molecular formula is C58H99O11P. The van der Waals surface area contributed by atoms with Gasteiger partial charge in [-0.1, -0.05) is 209 Å². The number of hydrogen-bond donors (Lipinski definition) is 2. The molecule has 0 aliphatic rings. The van der Waals surface area contributed by atoms with Gasteiger partial charge >= 0.3 is 25.7 Å². The molecule has 0 bridgehead atoms. The van der Waals surface area contributed by atoms with E-state index in [0.29, 0.717) is 25.7 Å². The molecule has 70 heavy (non-hydrogen) atoms. The Balaban J connectivity index is 4.87. The summed E-state index contributed by atoms with van der Waals surface area (Å²) in [6.07, 6.45) is 58.6. The third-order valence-electron chi connectivity index (χ3n) is 11.3. The molecule has 3 unspecified atom stereocenters. The second-order valence-corrected chi connectivity index (χ2v) is 19.5. The number of esters is 3. The van der Waals surface area contributed by atoms with Gasteiger partial charge in [-0.2, -0.15) is 0 Å². The second-order valence-electron chi connectivity index (χ2n) is 18.0. The summed E-state index contributed by atoms with van der Waals surface area (Å²) in [4.78, 5) is 48.3. The fraction of sp³-hybridized carbons (Fsp3) is 0.707. The highest BCUT2D eigenvalue weighted by Crippen LogP contribution is 2.43. The number of hydrogen-bond acceptors (Lipinski definition) is 10. The van der Waals surface area contributed by atoms with Gasteiger partial charge in [0.15, 0.2) is 6.10 Å². The average molecular weight is 1000 g/mol. The predicted octanol–water partition coefficient (Wildman–Crippen LogP) is 15.9. The topological polar surface area (TPSA) is 155 Å². The van der Waals surface area contributed by atoms with Crippen molar-refractivity contribution in [1.29, 1.82) is 0 Å². The number of carbonyl (C=O) groups excluding carboxylic acids is 3. The fourth-order valence-electron chi connectivity index (χ4n) is 7.14. The molecule has 0 aliphatic heterocycles. The van der Waals surface area contributed by atoms with Gasteiger partial charge in [0, 0.05) is 19.3 Å². The van der Waals surface area contributed by atoms with Crippen molar-refractivity contribution < 1.29 is 52.2 Å². The van der Waals surface area contributed by atoms with Crippen LogP contribution in [0.5, 0.6) is 0 Å². The van der Waals surface area contributed by atoms with E-state index in [1.165, 1.54) is 70.6 Å². The van der Waals surface area contributed by atoms with Gasteiger partial charge in [0.25, 0.3) is 0 Å². The van der Waals surface area contributed by atoms with Gasteiger partial charge in [-0.25, -0.2) is 4.57 Å². The van der Waals surface area contributed by atoms with Crippen molar-refractivity contribution in [2.45, 2.75) is 238 Å². The molecule has 0 radical (unpaired) electrons. The third kappa shape index (κ3) is 49.6. The summed E-state index contributed by atoms with van der Waals surface area (Å²) in [5.41, 5.74) is 0. The lowest BCUT2D eigenvalue weighted by molar-refractivity contribution is -0.161. The molecule has 0 amide bonds. The maximum Gasteiger partial charge on any atom is 0.472 e. The molecule has 12 heteroatoms. The number of aliphatic hydroxyl groups excluding tert-OH is 1. The Kier molecular flexibility index (Phi) is 49.5. The lowest BCUT2D eigenvalue weighted by Gasteiger charge is -2.21. The van der Waals surface area contributed by atoms with Crippen LogP contribution in [0.2, 0.25) is 0 Å². The first kappa shape index (κ1) is 66.7. The monoisotopic (exact) mass is 1000 g/mol. The highest BCUT2D eigenvalue weighted by Gasteiger charge is 2.28. The van der Waals surface area contributed by atoms with Gasteiger partial charge in [0.1, 0.15) is 12.7 Å². The van der Waals surface area contributed by atoms with Crippen LogP contribution in [-0.4, -0.2) is 66.5 Å². The van der Waals surface area contributed by atoms with Crippen molar-refractivity contribution in [3.8, 4) is 0 Å². The number of phosphoric acid groups is 1. The van der Waals surface area contributed by atoms with Crippen LogP contribution in [0, 0.1) is 0 Å². The van der Waals surface area contributed by atoms with Gasteiger partial charge in [-0.05, 0) is 83.5 Å². The normalized spacial score (nSPS) is 14.1. The molecule has 0 aliphatic carbocycles. The Morgan fingerprint density at radius 3 is 1.23 bits per heavy atom. The van der Waals surface area contributed by atoms with Crippen molar-refractivity contribution in [2.24, 2.45) is 0 Å². The number of allylic oxidation sites excluding steroid dienone is 14. The largest absolute Gasteiger partial charge is 0.472 e. The van der Waals surface area contributed by atoms with Crippen LogP contribution in [0.3, 0.4) is 0 Å². The maximum atomic E-state index is 12.8. The Bertz CT molecular complexity index is 1500. The Morgan fingerprint density at radius 1 is 0.414 bits per heavy atom. The van der Waals surface area contributed by atoms with Crippen LogP contribution in [0.1, 0.15) is 226 Å². The van der Waals surface area contributed by atoms with E-state index in [9.17, 15) is 28.9 Å². The molecule has 0 heterocycles. The lowest BCUT2D eigenvalue weighted by Crippen LogP contribution is -2.30. The highest BCUT2D eigenvalue weighted by molar-refractivity contribution is 7.47. The zero-order valence-corrected chi connectivity index (χ0v) is 45.1. The van der Waals surface area contributed by atoms with Gasteiger partial charge in [-0.3, -0.25) is 23.4 Å². The van der Waals surface area contributed by atoms with Crippen molar-refractivity contribution in [1.82, 2.24) is 0 Å². The Hall–Kier alpha value is -3.34. The molecule has 2 N–H and O–H groups in total. The summed E-state index contributed by atoms with van der Waals surface area (Å²) in [5.74, 6) is -1.58. The minimum atomic E-state index is -4.76. The van der Waals surface area contributed by atoms with Gasteiger partial charge in [0.05, 0.1) is 19.8 Å². The second kappa shape index (κ2) is 52.0. The van der Waals surface area contributed by atoms with E-state index in [2.05, 4.69) is 93.7 Å². The summed E-state index contributed by atoms with van der Waals surface area (Å²) in [7, 11) is -4.76. The van der Waals surface area contributed by atoms with Gasteiger partial charge in [0.2, 0.25) is 0 Å². The van der Waals surface area contributed by atoms with E-state index in [-0.39, 0.29) is 25.9 Å². The quantitative estimate of drug-likeness (QED) is 0.0197. The first-order valence-corrected chi connectivity index (χ1v) is 29.0. The fourth-order valence-corrected chi connectivity index (χ4v) is 7.92. The molecule has 0 aromatic rings. The zero-order valence-electron chi connectivity index (χ0n) is 44.2.